The van der Waals surface area contributed by atoms with E-state index in [-0.39, 0.29) is 35.0 Å². The van der Waals surface area contributed by atoms with Crippen LogP contribution in [-0.2, 0) is 24.5 Å². The zero-order valence-electron chi connectivity index (χ0n) is 22.0. The van der Waals surface area contributed by atoms with E-state index in [1.807, 2.05) is 0 Å². The molecule has 3 atom stereocenters. The summed E-state index contributed by atoms with van der Waals surface area (Å²) in [5, 5.41) is 14.1. The fourth-order valence-electron chi connectivity index (χ4n) is 3.84. The normalized spacial score (nSPS) is 14.8. The molecule has 1 amide bonds. The number of carbonyl (C=O) groups is 1. The summed E-state index contributed by atoms with van der Waals surface area (Å²) in [5.41, 5.74) is 1.03. The summed E-state index contributed by atoms with van der Waals surface area (Å²) >= 11 is 0. The lowest BCUT2D eigenvalue weighted by atomic mass is 9.97. The lowest BCUT2D eigenvalue weighted by Crippen LogP contribution is -2.51. The number of nitrogens with zero attached hydrogens (tertiary/aromatic N) is 1. The molecule has 0 heterocycles. The minimum Gasteiger partial charge on any atom is -0.339 e. The van der Waals surface area contributed by atoms with Crippen LogP contribution in [0.4, 0.5) is 13.2 Å². The summed E-state index contributed by atoms with van der Waals surface area (Å²) in [6.45, 7) is 3.47. The Morgan fingerprint density at radius 3 is 1.87 bits per heavy atom. The first kappa shape index (κ1) is 32.3. The van der Waals surface area contributed by atoms with Crippen LogP contribution in [0.15, 0.2) is 53.4 Å². The number of amides is 1. The van der Waals surface area contributed by atoms with Crippen LogP contribution in [0, 0.1) is 17.2 Å². The first-order valence-corrected chi connectivity index (χ1v) is 16.0. The number of rotatable bonds is 12. The van der Waals surface area contributed by atoms with E-state index in [9.17, 15) is 40.1 Å². The molecule has 0 bridgehead atoms. The summed E-state index contributed by atoms with van der Waals surface area (Å²) in [7, 11) is -6.80. The van der Waals surface area contributed by atoms with Crippen LogP contribution < -0.4 is 10.6 Å². The molecule has 214 valence electrons. The molecule has 0 saturated heterocycles. The Hall–Kier alpha value is -2.95. The van der Waals surface area contributed by atoms with Crippen molar-refractivity contribution >= 4 is 25.6 Å². The van der Waals surface area contributed by atoms with Crippen LogP contribution in [0.2, 0.25) is 0 Å². The number of alkyl halides is 3. The summed E-state index contributed by atoms with van der Waals surface area (Å²) in [5.74, 6) is -1.36. The average molecular weight is 588 g/mol. The van der Waals surface area contributed by atoms with E-state index in [2.05, 4.69) is 10.6 Å². The Morgan fingerprint density at radius 2 is 1.46 bits per heavy atom. The Bertz CT molecular complexity index is 1380. The van der Waals surface area contributed by atoms with Gasteiger partial charge < -0.3 is 5.32 Å². The highest BCUT2D eigenvalue weighted by Crippen LogP contribution is 2.34. The van der Waals surface area contributed by atoms with Gasteiger partial charge in [-0.05, 0) is 47.6 Å². The maximum Gasteiger partial charge on any atom is 0.407 e. The quantitative estimate of drug-likeness (QED) is 0.386. The Kier molecular flexibility index (Phi) is 10.7. The number of halogens is 3. The highest BCUT2D eigenvalue weighted by molar-refractivity contribution is 7.91. The van der Waals surface area contributed by atoms with E-state index in [0.717, 1.165) is 12.5 Å². The van der Waals surface area contributed by atoms with Gasteiger partial charge in [0.05, 0.1) is 22.8 Å². The van der Waals surface area contributed by atoms with Crippen molar-refractivity contribution in [3.8, 4) is 17.2 Å². The van der Waals surface area contributed by atoms with E-state index in [1.165, 1.54) is 36.4 Å². The second kappa shape index (κ2) is 12.9. The SMILES string of the molecule is CC(C)C[C@H](N[C@@H](c1ccc(-c2ccc(S(C)(=O)=O)cc2)cc1)C(F)(F)F)C(=O)N[C@H](C#N)CCS(C)(=O)=O. The molecule has 0 aliphatic carbocycles. The van der Waals surface area contributed by atoms with Gasteiger partial charge in [0.25, 0.3) is 0 Å². The largest absolute Gasteiger partial charge is 0.407 e. The third-order valence-electron chi connectivity index (χ3n) is 5.83. The molecule has 2 rings (SSSR count). The second-order valence-electron chi connectivity index (χ2n) is 9.85. The number of hydrogen-bond donors (Lipinski definition) is 2. The van der Waals surface area contributed by atoms with Gasteiger partial charge in [0.1, 0.15) is 21.9 Å². The van der Waals surface area contributed by atoms with Crippen LogP contribution in [0.25, 0.3) is 11.1 Å². The van der Waals surface area contributed by atoms with Crippen molar-refractivity contribution in [3.63, 3.8) is 0 Å². The van der Waals surface area contributed by atoms with Crippen molar-refractivity contribution in [2.24, 2.45) is 5.92 Å². The van der Waals surface area contributed by atoms with E-state index in [4.69, 9.17) is 0 Å². The fraction of sp³-hybridized carbons (Fsp3) is 0.462. The molecule has 0 aliphatic rings. The lowest BCUT2D eigenvalue weighted by Gasteiger charge is -2.29. The van der Waals surface area contributed by atoms with Gasteiger partial charge in [0.2, 0.25) is 5.91 Å². The maximum absolute atomic E-state index is 14.2. The predicted molar refractivity (Wildman–Crippen MR) is 142 cm³/mol. The molecule has 8 nitrogen and oxygen atoms in total. The number of sulfone groups is 2. The molecule has 13 heteroatoms. The first-order valence-electron chi connectivity index (χ1n) is 12.0. The van der Waals surface area contributed by atoms with E-state index in [0.29, 0.717) is 11.1 Å². The minimum absolute atomic E-state index is 0.0351. The highest BCUT2D eigenvalue weighted by Gasteiger charge is 2.43. The Labute approximate surface area is 227 Å². The van der Waals surface area contributed by atoms with Gasteiger partial charge in [0, 0.05) is 12.5 Å². The summed E-state index contributed by atoms with van der Waals surface area (Å²) < 4.78 is 88.6. The molecule has 0 saturated carbocycles. The molecule has 0 unspecified atom stereocenters. The molecule has 2 aromatic carbocycles. The number of carbonyl (C=O) groups excluding carboxylic acids is 1. The van der Waals surface area contributed by atoms with Gasteiger partial charge in [-0.1, -0.05) is 50.2 Å². The number of hydrogen-bond acceptors (Lipinski definition) is 7. The van der Waals surface area contributed by atoms with Gasteiger partial charge in [-0.25, -0.2) is 16.8 Å². The molecule has 0 aromatic heterocycles. The molecule has 0 fully saturated rings. The van der Waals surface area contributed by atoms with E-state index >= 15 is 0 Å². The molecule has 0 aliphatic heterocycles. The topological polar surface area (TPSA) is 133 Å². The molecular weight excluding hydrogens is 555 g/mol. The molecular formula is C26H32F3N3O5S2. The second-order valence-corrected chi connectivity index (χ2v) is 14.1. The molecule has 2 N–H and O–H groups in total. The summed E-state index contributed by atoms with van der Waals surface area (Å²) in [6.07, 6.45) is -2.86. The van der Waals surface area contributed by atoms with Crippen LogP contribution in [0.3, 0.4) is 0 Å². The minimum atomic E-state index is -4.76. The third kappa shape index (κ3) is 10.3. The first-order chi connectivity index (χ1) is 17.9. The van der Waals surface area contributed by atoms with Gasteiger partial charge >= 0.3 is 6.18 Å². The van der Waals surface area contributed by atoms with Crippen molar-refractivity contribution in [1.82, 2.24) is 10.6 Å². The van der Waals surface area contributed by atoms with Gasteiger partial charge in [-0.2, -0.15) is 18.4 Å². The fourth-order valence-corrected chi connectivity index (χ4v) is 5.13. The molecule has 0 radical (unpaired) electrons. The Morgan fingerprint density at radius 1 is 0.949 bits per heavy atom. The van der Waals surface area contributed by atoms with Crippen molar-refractivity contribution in [2.45, 2.75) is 55.9 Å². The van der Waals surface area contributed by atoms with Crippen LogP contribution in [0.5, 0.6) is 0 Å². The predicted octanol–water partition coefficient (Wildman–Crippen LogP) is 3.81. The van der Waals surface area contributed by atoms with Crippen molar-refractivity contribution in [1.29, 1.82) is 5.26 Å². The third-order valence-corrected chi connectivity index (χ3v) is 7.93. The van der Waals surface area contributed by atoms with Crippen molar-refractivity contribution in [2.75, 3.05) is 18.3 Å². The molecule has 39 heavy (non-hydrogen) atoms. The van der Waals surface area contributed by atoms with Crippen molar-refractivity contribution < 1.29 is 34.8 Å². The number of nitriles is 1. The lowest BCUT2D eigenvalue weighted by molar-refractivity contribution is -0.161. The highest BCUT2D eigenvalue weighted by atomic mass is 32.2. The number of nitrogens with one attached hydrogen (secondary N) is 2. The standard InChI is InChI=1S/C26H32F3N3O5S2/c1-17(2)15-23(25(33)31-21(16-30)13-14-38(3,34)35)32-24(26(27,28)29)20-7-5-18(6-8-20)19-9-11-22(12-10-19)39(4,36)37/h5-12,17,21,23-24,32H,13-15H2,1-4H3,(H,31,33)/t21-,23-,24-/m0/s1. The van der Waals surface area contributed by atoms with Crippen LogP contribution >= 0.6 is 0 Å². The van der Waals surface area contributed by atoms with Crippen LogP contribution in [0.1, 0.15) is 38.3 Å². The van der Waals surface area contributed by atoms with E-state index in [1.54, 1.807) is 32.0 Å². The van der Waals surface area contributed by atoms with Gasteiger partial charge in [0.15, 0.2) is 9.84 Å². The van der Waals surface area contributed by atoms with Crippen LogP contribution in [-0.4, -0.2) is 59.3 Å². The average Bonchev–Trinajstić information content (AvgIpc) is 2.82. The van der Waals surface area contributed by atoms with Gasteiger partial charge in [-0.3, -0.25) is 10.1 Å². The monoisotopic (exact) mass is 587 g/mol. The smallest absolute Gasteiger partial charge is 0.339 e. The number of benzene rings is 2. The van der Waals surface area contributed by atoms with Crippen molar-refractivity contribution in [3.05, 3.63) is 54.1 Å². The Balaban J connectivity index is 2.29. The maximum atomic E-state index is 14.2. The summed E-state index contributed by atoms with van der Waals surface area (Å²) in [4.78, 5) is 13.0. The molecule has 2 aromatic rings. The summed E-state index contributed by atoms with van der Waals surface area (Å²) in [6, 6.07) is 8.53. The van der Waals surface area contributed by atoms with Gasteiger partial charge in [-0.15, -0.1) is 0 Å². The molecule has 0 spiro atoms. The zero-order valence-corrected chi connectivity index (χ0v) is 23.6. The zero-order chi connectivity index (χ0) is 29.6. The van der Waals surface area contributed by atoms with E-state index < -0.39 is 49.9 Å².